The maximum absolute atomic E-state index is 11.1. The van der Waals surface area contributed by atoms with E-state index < -0.39 is 0 Å². The highest BCUT2D eigenvalue weighted by molar-refractivity contribution is 8.02. The molecule has 4 atom stereocenters. The van der Waals surface area contributed by atoms with Gasteiger partial charge in [-0.2, -0.15) is 0 Å². The van der Waals surface area contributed by atoms with Crippen LogP contribution in [-0.4, -0.2) is 12.1 Å². The number of hydrogen-bond donors (Lipinski definition) is 1. The van der Waals surface area contributed by atoms with E-state index in [1.165, 1.54) is 6.92 Å². The lowest BCUT2D eigenvalue weighted by Crippen LogP contribution is -2.08. The Labute approximate surface area is 115 Å². The number of hydrogen-bond acceptors (Lipinski definition) is 2. The summed E-state index contributed by atoms with van der Waals surface area (Å²) in [7, 11) is 5.93. The van der Waals surface area contributed by atoms with Crippen LogP contribution < -0.4 is 5.32 Å². The van der Waals surface area contributed by atoms with Crippen molar-refractivity contribution >= 4 is 38.3 Å². The summed E-state index contributed by atoms with van der Waals surface area (Å²) in [5, 5.41) is 2.84. The lowest BCUT2D eigenvalue weighted by atomic mass is 10.0. The van der Waals surface area contributed by atoms with Crippen molar-refractivity contribution in [2.45, 2.75) is 26.4 Å². The van der Waals surface area contributed by atoms with Crippen LogP contribution in [0.4, 0.5) is 5.69 Å². The van der Waals surface area contributed by atoms with E-state index in [9.17, 15) is 4.79 Å². The summed E-state index contributed by atoms with van der Waals surface area (Å²) >= 11 is 0. The third kappa shape index (κ3) is 4.90. The summed E-state index contributed by atoms with van der Waals surface area (Å²) in [4.78, 5) is 11.1. The van der Waals surface area contributed by atoms with E-state index in [4.69, 9.17) is 4.52 Å². The van der Waals surface area contributed by atoms with Crippen LogP contribution in [0, 0.1) is 6.92 Å². The summed E-state index contributed by atoms with van der Waals surface area (Å²) in [6.45, 7) is 3.50. The van der Waals surface area contributed by atoms with Crippen LogP contribution in [-0.2, 0) is 9.32 Å². The van der Waals surface area contributed by atoms with Gasteiger partial charge in [0, 0.05) is 22.1 Å². The van der Waals surface area contributed by atoms with Gasteiger partial charge in [-0.05, 0) is 36.7 Å². The van der Waals surface area contributed by atoms with Crippen molar-refractivity contribution in [1.82, 2.24) is 0 Å². The van der Waals surface area contributed by atoms with Gasteiger partial charge in [-0.25, -0.2) is 0 Å². The topological polar surface area (TPSA) is 38.3 Å². The number of nitrogens with one attached hydrogen (secondary N) is 1. The van der Waals surface area contributed by atoms with Gasteiger partial charge in [0.25, 0.3) is 0 Å². The SMILES string of the molecule is CC(=O)Nc1cc([C@H](CCPP)OP)ccc1C. The van der Waals surface area contributed by atoms with Crippen LogP contribution >= 0.6 is 26.7 Å². The van der Waals surface area contributed by atoms with E-state index in [2.05, 4.69) is 29.8 Å². The summed E-state index contributed by atoms with van der Waals surface area (Å²) in [5.41, 5.74) is 3.02. The average molecular weight is 303 g/mol. The van der Waals surface area contributed by atoms with Crippen molar-refractivity contribution < 1.29 is 9.32 Å². The number of carbonyl (C=O) groups excluding carboxylic acids is 1. The molecule has 0 bridgehead atoms. The van der Waals surface area contributed by atoms with E-state index in [0.717, 1.165) is 37.7 Å². The second-order valence-electron chi connectivity index (χ2n) is 4.12. The zero-order valence-electron chi connectivity index (χ0n) is 10.7. The fraction of sp³-hybridized carbons (Fsp3) is 0.417. The average Bonchev–Trinajstić information content (AvgIpc) is 2.33. The lowest BCUT2D eigenvalue weighted by molar-refractivity contribution is -0.114. The van der Waals surface area contributed by atoms with Crippen molar-refractivity contribution in [1.29, 1.82) is 0 Å². The Morgan fingerprint density at radius 2 is 2.28 bits per heavy atom. The van der Waals surface area contributed by atoms with Gasteiger partial charge < -0.3 is 9.84 Å². The fourth-order valence-corrected chi connectivity index (χ4v) is 2.91. The number of amides is 1. The Bertz CT molecular complexity index is 412. The zero-order chi connectivity index (χ0) is 13.5. The molecule has 100 valence electrons. The van der Waals surface area contributed by atoms with Gasteiger partial charge in [-0.15, -0.1) is 17.2 Å². The highest BCUT2D eigenvalue weighted by atomic mass is 32.0. The predicted octanol–water partition coefficient (Wildman–Crippen LogP) is 3.66. The smallest absolute Gasteiger partial charge is 0.221 e. The Morgan fingerprint density at radius 3 is 2.83 bits per heavy atom. The van der Waals surface area contributed by atoms with E-state index in [0.29, 0.717) is 0 Å². The highest BCUT2D eigenvalue weighted by Gasteiger charge is 2.12. The predicted molar refractivity (Wildman–Crippen MR) is 86.5 cm³/mol. The molecule has 1 N–H and O–H groups in total. The Balaban J connectivity index is 2.90. The summed E-state index contributed by atoms with van der Waals surface area (Å²) in [6.07, 6.45) is 2.16. The first-order chi connectivity index (χ1) is 8.58. The van der Waals surface area contributed by atoms with Gasteiger partial charge in [0.1, 0.15) is 0 Å². The molecule has 6 heteroatoms. The maximum Gasteiger partial charge on any atom is 0.221 e. The number of benzene rings is 1. The lowest BCUT2D eigenvalue weighted by Gasteiger charge is -2.17. The standard InChI is InChI=1S/C12H20NO2P3/c1-8-3-4-10(7-11(8)13-9(2)14)12(15-16)5-6-18-17/h3-4,7,12,18H,5-6,16-17H2,1-2H3,(H,13,14)/t12-/m0/s1. The first kappa shape index (κ1) is 16.0. The van der Waals surface area contributed by atoms with Crippen molar-refractivity contribution in [3.05, 3.63) is 29.3 Å². The van der Waals surface area contributed by atoms with Crippen LogP contribution in [0.1, 0.15) is 30.6 Å². The minimum absolute atomic E-state index is 0.0509. The Morgan fingerprint density at radius 1 is 1.56 bits per heavy atom. The molecule has 3 unspecified atom stereocenters. The van der Waals surface area contributed by atoms with E-state index in [1.54, 1.807) is 0 Å². The van der Waals surface area contributed by atoms with Gasteiger partial charge in [0.15, 0.2) is 0 Å². The maximum atomic E-state index is 11.1. The molecule has 0 spiro atoms. The molecule has 0 radical (unpaired) electrons. The van der Waals surface area contributed by atoms with Gasteiger partial charge in [0.2, 0.25) is 5.91 Å². The molecule has 0 heterocycles. The quantitative estimate of drug-likeness (QED) is 0.815. The second kappa shape index (κ2) is 8.18. The zero-order valence-corrected chi connectivity index (χ0v) is 14.0. The molecule has 0 aromatic heterocycles. The molecular weight excluding hydrogens is 283 g/mol. The van der Waals surface area contributed by atoms with Crippen LogP contribution in [0.2, 0.25) is 0 Å². The van der Waals surface area contributed by atoms with Crippen LogP contribution in [0.15, 0.2) is 18.2 Å². The Hall–Kier alpha value is -0.0600. The molecule has 0 saturated heterocycles. The third-order valence-corrected chi connectivity index (χ3v) is 4.43. The normalized spacial score (nSPS) is 12.9. The molecule has 18 heavy (non-hydrogen) atoms. The van der Waals surface area contributed by atoms with Crippen LogP contribution in [0.25, 0.3) is 0 Å². The third-order valence-electron chi connectivity index (χ3n) is 2.66. The highest BCUT2D eigenvalue weighted by Crippen LogP contribution is 2.31. The minimum Gasteiger partial charge on any atom is -0.358 e. The molecule has 3 nitrogen and oxygen atoms in total. The fourth-order valence-electron chi connectivity index (χ4n) is 1.69. The van der Waals surface area contributed by atoms with Gasteiger partial charge in [-0.1, -0.05) is 12.1 Å². The number of aryl methyl sites for hydroxylation is 1. The molecule has 0 aliphatic heterocycles. The van der Waals surface area contributed by atoms with E-state index in [1.807, 2.05) is 19.1 Å². The summed E-state index contributed by atoms with van der Waals surface area (Å²) in [5.74, 6) is -0.0509. The minimum atomic E-state index is -0.0509. The number of carbonyl (C=O) groups is 1. The molecule has 0 saturated carbocycles. The molecule has 1 aromatic carbocycles. The molecule has 0 fully saturated rings. The van der Waals surface area contributed by atoms with E-state index >= 15 is 0 Å². The first-order valence-corrected chi connectivity index (χ1v) is 9.24. The summed E-state index contributed by atoms with van der Waals surface area (Å²) < 4.78 is 5.44. The van der Waals surface area contributed by atoms with Crippen molar-refractivity contribution in [2.75, 3.05) is 11.5 Å². The van der Waals surface area contributed by atoms with Crippen LogP contribution in [0.5, 0.6) is 0 Å². The molecule has 1 rings (SSSR count). The number of rotatable bonds is 6. The van der Waals surface area contributed by atoms with Gasteiger partial charge in [-0.3, -0.25) is 4.79 Å². The van der Waals surface area contributed by atoms with Crippen molar-refractivity contribution in [3.8, 4) is 0 Å². The Kier molecular flexibility index (Phi) is 7.27. The number of anilines is 1. The molecular formula is C12H20NO2P3. The van der Waals surface area contributed by atoms with E-state index in [-0.39, 0.29) is 12.0 Å². The molecule has 1 amide bonds. The van der Waals surface area contributed by atoms with Crippen LogP contribution in [0.3, 0.4) is 0 Å². The first-order valence-electron chi connectivity index (χ1n) is 5.75. The van der Waals surface area contributed by atoms with Gasteiger partial charge >= 0.3 is 0 Å². The second-order valence-corrected chi connectivity index (χ2v) is 6.53. The van der Waals surface area contributed by atoms with Crippen molar-refractivity contribution in [3.63, 3.8) is 0 Å². The monoisotopic (exact) mass is 303 g/mol. The van der Waals surface area contributed by atoms with Crippen molar-refractivity contribution in [2.24, 2.45) is 0 Å². The largest absolute Gasteiger partial charge is 0.358 e. The molecule has 0 aliphatic rings. The van der Waals surface area contributed by atoms with Gasteiger partial charge in [0.05, 0.1) is 6.10 Å². The molecule has 0 aliphatic carbocycles. The molecule has 1 aromatic rings. The summed E-state index contributed by atoms with van der Waals surface area (Å²) in [6, 6.07) is 6.07.